The van der Waals surface area contributed by atoms with E-state index in [2.05, 4.69) is 30.7 Å². The fraction of sp³-hybridized carbons (Fsp3) is 0.500. The van der Waals surface area contributed by atoms with E-state index in [-0.39, 0.29) is 18.2 Å². The lowest BCUT2D eigenvalue weighted by molar-refractivity contribution is -0.139. The van der Waals surface area contributed by atoms with Crippen molar-refractivity contribution in [2.45, 2.75) is 43.0 Å². The van der Waals surface area contributed by atoms with Gasteiger partial charge in [-0.05, 0) is 62.2 Å². The molecule has 0 bridgehead atoms. The van der Waals surface area contributed by atoms with E-state index in [0.29, 0.717) is 29.8 Å². The third-order valence-electron chi connectivity index (χ3n) is 7.55. The molecule has 0 aliphatic carbocycles. The van der Waals surface area contributed by atoms with Crippen LogP contribution in [0, 0.1) is 0 Å². The van der Waals surface area contributed by atoms with E-state index >= 15 is 0 Å². The molecule has 2 aliphatic heterocycles. The number of carbonyl (C=O) groups excluding carboxylic acids is 1. The van der Waals surface area contributed by atoms with Crippen LogP contribution in [0.3, 0.4) is 0 Å². The van der Waals surface area contributed by atoms with E-state index in [0.717, 1.165) is 70.2 Å². The first-order valence-corrected chi connectivity index (χ1v) is 16.4. The lowest BCUT2D eigenvalue weighted by Gasteiger charge is -2.38. The molecular formula is C30H42N6O5S. The number of carboxylic acids is 1. The van der Waals surface area contributed by atoms with Gasteiger partial charge in [0.15, 0.2) is 15.8 Å². The molecule has 0 saturated carbocycles. The smallest absolute Gasteiger partial charge is 0.322 e. The number of nitrogens with one attached hydrogen (secondary N) is 3. The van der Waals surface area contributed by atoms with E-state index in [1.165, 1.54) is 0 Å². The SMILES string of the molecule is O=C(NCC(NCCCCCCS(=O)(=O)c1ccccc1)C(=O)O)c1ccc(N2CCN(C3=NCCCN3)CC2)cc1. The molecule has 12 heteroatoms. The number of aliphatic imine (C=N–C) groups is 1. The predicted molar refractivity (Wildman–Crippen MR) is 164 cm³/mol. The molecule has 0 aromatic heterocycles. The summed E-state index contributed by atoms with van der Waals surface area (Å²) in [6, 6.07) is 14.9. The van der Waals surface area contributed by atoms with Gasteiger partial charge in [0.2, 0.25) is 0 Å². The minimum Gasteiger partial charge on any atom is -0.480 e. The summed E-state index contributed by atoms with van der Waals surface area (Å²) in [5.41, 5.74) is 1.53. The summed E-state index contributed by atoms with van der Waals surface area (Å²) in [5.74, 6) is -0.262. The van der Waals surface area contributed by atoms with Gasteiger partial charge >= 0.3 is 5.97 Å². The Morgan fingerprint density at radius 3 is 2.29 bits per heavy atom. The van der Waals surface area contributed by atoms with Crippen molar-refractivity contribution in [3.05, 3.63) is 60.2 Å². The first-order chi connectivity index (χ1) is 20.3. The first-order valence-electron chi connectivity index (χ1n) is 14.7. The van der Waals surface area contributed by atoms with Crippen molar-refractivity contribution in [2.24, 2.45) is 4.99 Å². The maximum Gasteiger partial charge on any atom is 0.322 e. The third kappa shape index (κ3) is 9.18. The molecule has 1 saturated heterocycles. The minimum absolute atomic E-state index is 0.0366. The zero-order valence-corrected chi connectivity index (χ0v) is 24.8. The van der Waals surface area contributed by atoms with Gasteiger partial charge in [0, 0.05) is 57.1 Å². The summed E-state index contributed by atoms with van der Waals surface area (Å²) in [6.45, 7) is 5.77. The molecular weight excluding hydrogens is 556 g/mol. The average molecular weight is 599 g/mol. The van der Waals surface area contributed by atoms with Crippen LogP contribution in [0.2, 0.25) is 0 Å². The highest BCUT2D eigenvalue weighted by atomic mass is 32.2. The van der Waals surface area contributed by atoms with Gasteiger partial charge in [-0.2, -0.15) is 0 Å². The van der Waals surface area contributed by atoms with E-state index in [1.54, 1.807) is 42.5 Å². The number of hydrogen-bond acceptors (Lipinski definition) is 9. The van der Waals surface area contributed by atoms with Gasteiger partial charge in [0.1, 0.15) is 6.04 Å². The van der Waals surface area contributed by atoms with E-state index in [4.69, 9.17) is 0 Å². The van der Waals surface area contributed by atoms with Crippen LogP contribution in [-0.4, -0.2) is 100 Å². The number of guanidine groups is 1. The van der Waals surface area contributed by atoms with Crippen molar-refractivity contribution in [1.29, 1.82) is 0 Å². The number of unbranched alkanes of at least 4 members (excludes halogenated alkanes) is 3. The maximum absolute atomic E-state index is 12.7. The summed E-state index contributed by atoms with van der Waals surface area (Å²) in [4.78, 5) is 33.9. The largest absolute Gasteiger partial charge is 0.480 e. The van der Waals surface area contributed by atoms with E-state index in [1.807, 2.05) is 12.1 Å². The molecule has 228 valence electrons. The second kappa shape index (κ2) is 15.5. The number of anilines is 1. The Bertz CT molecular complexity index is 1300. The highest BCUT2D eigenvalue weighted by molar-refractivity contribution is 7.91. The van der Waals surface area contributed by atoms with Crippen LogP contribution in [-0.2, 0) is 14.6 Å². The molecule has 1 amide bonds. The Hall–Kier alpha value is -3.64. The van der Waals surface area contributed by atoms with E-state index < -0.39 is 21.8 Å². The van der Waals surface area contributed by atoms with Gasteiger partial charge in [-0.3, -0.25) is 14.6 Å². The van der Waals surface area contributed by atoms with Crippen molar-refractivity contribution in [3.63, 3.8) is 0 Å². The molecule has 2 heterocycles. The highest BCUT2D eigenvalue weighted by Gasteiger charge is 2.22. The molecule has 2 aromatic carbocycles. The van der Waals surface area contributed by atoms with Crippen molar-refractivity contribution in [1.82, 2.24) is 20.9 Å². The van der Waals surface area contributed by atoms with Gasteiger partial charge in [-0.15, -0.1) is 0 Å². The summed E-state index contributed by atoms with van der Waals surface area (Å²) < 4.78 is 24.7. The van der Waals surface area contributed by atoms with Crippen molar-refractivity contribution in [2.75, 3.05) is 63.0 Å². The molecule has 2 aromatic rings. The summed E-state index contributed by atoms with van der Waals surface area (Å²) in [5, 5.41) is 18.7. The number of carbonyl (C=O) groups is 2. The van der Waals surface area contributed by atoms with Crippen LogP contribution in [0.5, 0.6) is 0 Å². The fourth-order valence-electron chi connectivity index (χ4n) is 5.07. The number of amides is 1. The Kier molecular flexibility index (Phi) is 11.6. The normalized spacial score (nSPS) is 16.3. The lowest BCUT2D eigenvalue weighted by atomic mass is 10.1. The molecule has 0 spiro atoms. The number of sulfone groups is 1. The Labute approximate surface area is 248 Å². The number of carboxylic acid groups (broad SMARTS) is 1. The number of rotatable bonds is 14. The predicted octanol–water partition coefficient (Wildman–Crippen LogP) is 1.96. The van der Waals surface area contributed by atoms with Gasteiger partial charge in [-0.1, -0.05) is 31.0 Å². The van der Waals surface area contributed by atoms with Crippen molar-refractivity contribution in [3.8, 4) is 0 Å². The zero-order chi connectivity index (χ0) is 29.8. The maximum atomic E-state index is 12.7. The van der Waals surface area contributed by atoms with Gasteiger partial charge in [0.25, 0.3) is 5.91 Å². The van der Waals surface area contributed by atoms with Crippen molar-refractivity contribution < 1.29 is 23.1 Å². The van der Waals surface area contributed by atoms with Crippen LogP contribution in [0.15, 0.2) is 64.5 Å². The molecule has 1 unspecified atom stereocenters. The molecule has 1 atom stereocenters. The minimum atomic E-state index is -3.27. The lowest BCUT2D eigenvalue weighted by Crippen LogP contribution is -2.53. The molecule has 1 fully saturated rings. The Morgan fingerprint density at radius 1 is 0.929 bits per heavy atom. The average Bonchev–Trinajstić information content (AvgIpc) is 3.02. The summed E-state index contributed by atoms with van der Waals surface area (Å²) in [7, 11) is -3.27. The molecule has 4 rings (SSSR count). The Morgan fingerprint density at radius 2 is 1.62 bits per heavy atom. The number of aliphatic carboxylic acids is 1. The van der Waals surface area contributed by atoms with Gasteiger partial charge in [0.05, 0.1) is 10.6 Å². The second-order valence-electron chi connectivity index (χ2n) is 10.6. The van der Waals surface area contributed by atoms with Crippen LogP contribution in [0.4, 0.5) is 5.69 Å². The Balaban J connectivity index is 1.13. The standard InChI is InChI=1S/C30H42N6O5S/c37-28(24-11-13-25(14-12-24)35-18-20-36(21-19-35)30-32-16-8-17-33-30)34-23-27(29(38)39)31-15-6-1-2-7-22-42(40,41)26-9-4-3-5-10-26/h3-5,9-14,27,31H,1-2,6-8,15-23H2,(H,32,33)(H,34,37)(H,38,39). The summed E-state index contributed by atoms with van der Waals surface area (Å²) >= 11 is 0. The number of hydrogen-bond donors (Lipinski definition) is 4. The van der Waals surface area contributed by atoms with Crippen LogP contribution in [0.25, 0.3) is 0 Å². The molecule has 4 N–H and O–H groups in total. The first kappa shape index (κ1) is 31.3. The zero-order valence-electron chi connectivity index (χ0n) is 24.0. The topological polar surface area (TPSA) is 143 Å². The number of piperazine rings is 1. The quantitative estimate of drug-likeness (QED) is 0.240. The van der Waals surface area contributed by atoms with Crippen LogP contribution >= 0.6 is 0 Å². The monoisotopic (exact) mass is 598 g/mol. The number of nitrogens with zero attached hydrogens (tertiary/aromatic N) is 3. The van der Waals surface area contributed by atoms with Crippen LogP contribution < -0.4 is 20.9 Å². The number of benzene rings is 2. The summed E-state index contributed by atoms with van der Waals surface area (Å²) in [6.07, 6.45) is 3.86. The van der Waals surface area contributed by atoms with E-state index in [9.17, 15) is 23.1 Å². The highest BCUT2D eigenvalue weighted by Crippen LogP contribution is 2.18. The molecule has 0 radical (unpaired) electrons. The fourth-order valence-corrected chi connectivity index (χ4v) is 6.46. The van der Waals surface area contributed by atoms with Gasteiger partial charge < -0.3 is 30.9 Å². The van der Waals surface area contributed by atoms with Crippen LogP contribution in [0.1, 0.15) is 42.5 Å². The van der Waals surface area contributed by atoms with Crippen molar-refractivity contribution >= 4 is 33.4 Å². The van der Waals surface area contributed by atoms with Gasteiger partial charge in [-0.25, -0.2) is 8.42 Å². The molecule has 42 heavy (non-hydrogen) atoms. The third-order valence-corrected chi connectivity index (χ3v) is 9.37. The molecule has 2 aliphatic rings. The second-order valence-corrected chi connectivity index (χ2v) is 12.7. The molecule has 11 nitrogen and oxygen atoms in total.